The van der Waals surface area contributed by atoms with Gasteiger partial charge in [-0.3, -0.25) is 9.59 Å². The van der Waals surface area contributed by atoms with Crippen LogP contribution in [0, 0.1) is 13.8 Å². The Hall–Kier alpha value is -3.40. The molecule has 2 amide bonds. The summed E-state index contributed by atoms with van der Waals surface area (Å²) in [6, 6.07) is 5.54. The second-order valence-corrected chi connectivity index (χ2v) is 8.02. The predicted molar refractivity (Wildman–Crippen MR) is 117 cm³/mol. The van der Waals surface area contributed by atoms with Gasteiger partial charge in [-0.25, -0.2) is 9.50 Å². The Balaban J connectivity index is 1.82. The average molecular weight is 480 g/mol. The summed E-state index contributed by atoms with van der Waals surface area (Å²) >= 11 is 6.24. The fraction of sp³-hybridized carbons (Fsp3) is 0.273. The van der Waals surface area contributed by atoms with Gasteiger partial charge in [0.2, 0.25) is 12.3 Å². The molecule has 0 aliphatic carbocycles. The van der Waals surface area contributed by atoms with Gasteiger partial charge in [0, 0.05) is 42.7 Å². The number of carbonyl (C=O) groups is 2. The molecule has 0 aliphatic rings. The molecule has 0 spiro atoms. The van der Waals surface area contributed by atoms with E-state index in [9.17, 15) is 22.8 Å². The lowest BCUT2D eigenvalue weighted by atomic mass is 10.0. The summed E-state index contributed by atoms with van der Waals surface area (Å²) in [5.74, 6) is -0.563. The maximum atomic E-state index is 12.4. The van der Waals surface area contributed by atoms with Crippen LogP contribution in [0.25, 0.3) is 16.8 Å². The first-order valence-corrected chi connectivity index (χ1v) is 10.2. The molecule has 0 saturated carbocycles. The van der Waals surface area contributed by atoms with E-state index in [1.807, 2.05) is 32.0 Å². The molecule has 2 aromatic heterocycles. The highest BCUT2D eigenvalue weighted by molar-refractivity contribution is 6.31. The van der Waals surface area contributed by atoms with E-state index in [0.29, 0.717) is 21.1 Å². The van der Waals surface area contributed by atoms with E-state index in [0.717, 1.165) is 34.5 Å². The minimum atomic E-state index is -4.56. The zero-order chi connectivity index (χ0) is 24.3. The third-order valence-corrected chi connectivity index (χ3v) is 5.27. The SMILES string of the molecule is Cc1cc(Cl)cc(-c2ncnn3cc(CN(C)C(=O)/C=C\N(C=O)CC(F)(F)F)cc23)c1C. The first-order valence-electron chi connectivity index (χ1n) is 9.79. The number of benzene rings is 1. The number of likely N-dealkylation sites (N-methyl/N-ethyl adjacent to an activating group) is 1. The Morgan fingerprint density at radius 3 is 2.64 bits per heavy atom. The molecule has 2 heterocycles. The van der Waals surface area contributed by atoms with Crippen molar-refractivity contribution < 1.29 is 22.8 Å². The van der Waals surface area contributed by atoms with Gasteiger partial charge in [0.15, 0.2) is 0 Å². The zero-order valence-corrected chi connectivity index (χ0v) is 18.9. The topological polar surface area (TPSA) is 70.8 Å². The van der Waals surface area contributed by atoms with E-state index < -0.39 is 18.6 Å². The molecule has 7 nitrogen and oxygen atoms in total. The van der Waals surface area contributed by atoms with Crippen molar-refractivity contribution in [2.24, 2.45) is 0 Å². The number of aromatic nitrogens is 3. The van der Waals surface area contributed by atoms with E-state index in [1.165, 1.54) is 18.3 Å². The molecule has 0 radical (unpaired) electrons. The number of hydrogen-bond donors (Lipinski definition) is 0. The van der Waals surface area contributed by atoms with E-state index in [1.54, 1.807) is 10.7 Å². The van der Waals surface area contributed by atoms with Crippen LogP contribution in [0.1, 0.15) is 16.7 Å². The van der Waals surface area contributed by atoms with Crippen LogP contribution >= 0.6 is 11.6 Å². The second kappa shape index (κ2) is 9.62. The van der Waals surface area contributed by atoms with Crippen molar-refractivity contribution in [3.8, 4) is 11.3 Å². The summed E-state index contributed by atoms with van der Waals surface area (Å²) in [7, 11) is 1.50. The van der Waals surface area contributed by atoms with Crippen LogP contribution in [0.15, 0.2) is 43.0 Å². The molecule has 0 saturated heterocycles. The van der Waals surface area contributed by atoms with Gasteiger partial charge >= 0.3 is 6.18 Å². The number of aryl methyl sites for hydroxylation is 1. The number of nitrogens with zero attached hydrogens (tertiary/aromatic N) is 5. The van der Waals surface area contributed by atoms with Crippen molar-refractivity contribution in [3.63, 3.8) is 0 Å². The fourth-order valence-electron chi connectivity index (χ4n) is 3.31. The number of alkyl halides is 3. The average Bonchev–Trinajstić information content (AvgIpc) is 3.15. The molecule has 3 rings (SSSR count). The smallest absolute Gasteiger partial charge is 0.338 e. The normalized spacial score (nSPS) is 11.8. The van der Waals surface area contributed by atoms with Crippen LogP contribution in [-0.4, -0.2) is 56.5 Å². The number of hydrogen-bond acceptors (Lipinski definition) is 4. The number of fused-ring (bicyclic) bond motifs is 1. The van der Waals surface area contributed by atoms with Gasteiger partial charge in [-0.1, -0.05) is 11.6 Å². The fourth-order valence-corrected chi connectivity index (χ4v) is 3.58. The molecular weight excluding hydrogens is 459 g/mol. The van der Waals surface area contributed by atoms with Crippen LogP contribution in [0.4, 0.5) is 13.2 Å². The summed E-state index contributed by atoms with van der Waals surface area (Å²) in [6.45, 7) is 2.63. The van der Waals surface area contributed by atoms with Crippen molar-refractivity contribution in [1.29, 1.82) is 0 Å². The van der Waals surface area contributed by atoms with E-state index in [-0.39, 0.29) is 13.0 Å². The Morgan fingerprint density at radius 1 is 1.24 bits per heavy atom. The Morgan fingerprint density at radius 2 is 1.97 bits per heavy atom. The minimum Gasteiger partial charge on any atom is -0.338 e. The first-order chi connectivity index (χ1) is 15.5. The van der Waals surface area contributed by atoms with Gasteiger partial charge in [-0.05, 0) is 48.7 Å². The molecule has 0 unspecified atom stereocenters. The van der Waals surface area contributed by atoms with Gasteiger partial charge in [-0.15, -0.1) is 0 Å². The lowest BCUT2D eigenvalue weighted by molar-refractivity contribution is -0.148. The molecule has 174 valence electrons. The monoisotopic (exact) mass is 479 g/mol. The summed E-state index contributed by atoms with van der Waals surface area (Å²) in [5, 5.41) is 4.81. The summed E-state index contributed by atoms with van der Waals surface area (Å²) in [4.78, 5) is 29.2. The summed E-state index contributed by atoms with van der Waals surface area (Å²) in [6.07, 6.45) is 0.335. The second-order valence-electron chi connectivity index (χ2n) is 7.59. The van der Waals surface area contributed by atoms with Gasteiger partial charge in [0.1, 0.15) is 12.9 Å². The quantitative estimate of drug-likeness (QED) is 0.377. The summed E-state index contributed by atoms with van der Waals surface area (Å²) in [5.41, 5.74) is 5.04. The minimum absolute atomic E-state index is 0.0115. The summed E-state index contributed by atoms with van der Waals surface area (Å²) < 4.78 is 39.0. The highest BCUT2D eigenvalue weighted by Gasteiger charge is 2.29. The van der Waals surface area contributed by atoms with E-state index in [4.69, 9.17) is 11.6 Å². The third-order valence-electron chi connectivity index (χ3n) is 5.05. The Bertz CT molecular complexity index is 1220. The molecule has 0 N–H and O–H groups in total. The zero-order valence-electron chi connectivity index (χ0n) is 18.1. The van der Waals surface area contributed by atoms with Crippen LogP contribution < -0.4 is 0 Å². The molecule has 0 bridgehead atoms. The van der Waals surface area contributed by atoms with Crippen molar-refractivity contribution in [2.75, 3.05) is 13.6 Å². The van der Waals surface area contributed by atoms with Crippen LogP contribution in [0.3, 0.4) is 0 Å². The molecule has 11 heteroatoms. The number of carbonyl (C=O) groups excluding carboxylic acids is 2. The van der Waals surface area contributed by atoms with Crippen molar-refractivity contribution >= 4 is 29.4 Å². The van der Waals surface area contributed by atoms with Crippen LogP contribution in [0.5, 0.6) is 0 Å². The van der Waals surface area contributed by atoms with Gasteiger partial charge in [-0.2, -0.15) is 18.3 Å². The van der Waals surface area contributed by atoms with Crippen molar-refractivity contribution in [1.82, 2.24) is 24.4 Å². The number of amides is 2. The van der Waals surface area contributed by atoms with Crippen LogP contribution in [0.2, 0.25) is 5.02 Å². The molecular formula is C22H21ClF3N5O2. The van der Waals surface area contributed by atoms with E-state index in [2.05, 4.69) is 10.1 Å². The molecule has 33 heavy (non-hydrogen) atoms. The predicted octanol–water partition coefficient (Wildman–Crippen LogP) is 4.16. The number of halogens is 4. The highest BCUT2D eigenvalue weighted by Crippen LogP contribution is 2.31. The molecule has 0 atom stereocenters. The molecule has 0 aliphatic heterocycles. The Labute approximate surface area is 193 Å². The first kappa shape index (κ1) is 24.2. The largest absolute Gasteiger partial charge is 0.406 e. The maximum Gasteiger partial charge on any atom is 0.406 e. The third kappa shape index (κ3) is 5.89. The Kier molecular flexibility index (Phi) is 7.06. The van der Waals surface area contributed by atoms with Gasteiger partial charge < -0.3 is 9.80 Å². The van der Waals surface area contributed by atoms with Crippen molar-refractivity contribution in [3.05, 3.63) is 64.7 Å². The lowest BCUT2D eigenvalue weighted by Gasteiger charge is -2.16. The van der Waals surface area contributed by atoms with Crippen LogP contribution in [-0.2, 0) is 16.1 Å². The highest BCUT2D eigenvalue weighted by atomic mass is 35.5. The molecule has 0 fully saturated rings. The molecule has 1 aromatic carbocycles. The number of rotatable bonds is 7. The molecule has 3 aromatic rings. The lowest BCUT2D eigenvalue weighted by Crippen LogP contribution is -2.30. The maximum absolute atomic E-state index is 12.4. The van der Waals surface area contributed by atoms with Gasteiger partial charge in [0.25, 0.3) is 0 Å². The van der Waals surface area contributed by atoms with Gasteiger partial charge in [0.05, 0.1) is 11.2 Å². The van der Waals surface area contributed by atoms with E-state index >= 15 is 0 Å². The van der Waals surface area contributed by atoms with Crippen molar-refractivity contribution in [2.45, 2.75) is 26.6 Å². The standard InChI is InChI=1S/C22H21ClF3N5O2/c1-14-6-17(23)8-18(15(14)2)21-19-7-16(10-31(19)28-12-27-21)9-29(3)20(33)4-5-30(13-32)11-22(24,25)26/h4-8,10,12-13H,9,11H2,1-3H3/b5-4-.